The van der Waals surface area contributed by atoms with Gasteiger partial charge in [-0.1, -0.05) is 58.4 Å². The smallest absolute Gasteiger partial charge is 0.225 e. The molecule has 1 atom stereocenters. The van der Waals surface area contributed by atoms with Gasteiger partial charge in [0.15, 0.2) is 0 Å². The van der Waals surface area contributed by atoms with Crippen LogP contribution in [0.15, 0.2) is 65.1 Å². The number of nitrogens with zero attached hydrogens (tertiary/aromatic N) is 1. The van der Waals surface area contributed by atoms with Gasteiger partial charge < -0.3 is 10.5 Å². The van der Waals surface area contributed by atoms with Gasteiger partial charge in [-0.25, -0.2) is 4.98 Å². The van der Waals surface area contributed by atoms with Crippen LogP contribution in [-0.2, 0) is 12.8 Å². The number of pyridine rings is 1. The van der Waals surface area contributed by atoms with E-state index in [1.54, 1.807) is 0 Å². The van der Waals surface area contributed by atoms with Gasteiger partial charge in [-0.15, -0.1) is 0 Å². The number of nitrogens with two attached hydrogens (primary N) is 1. The molecule has 30 heavy (non-hydrogen) atoms. The largest absolute Gasteiger partial charge is 0.438 e. The Morgan fingerprint density at radius 1 is 0.933 bits per heavy atom. The van der Waals surface area contributed by atoms with E-state index >= 15 is 0 Å². The van der Waals surface area contributed by atoms with E-state index in [-0.39, 0.29) is 5.92 Å². The Kier molecular flexibility index (Phi) is 4.10. The highest BCUT2D eigenvalue weighted by molar-refractivity contribution is 9.10. The Morgan fingerprint density at radius 2 is 1.80 bits per heavy atom. The molecule has 0 fully saturated rings. The number of anilines is 1. The van der Waals surface area contributed by atoms with Gasteiger partial charge in [-0.2, -0.15) is 0 Å². The molecule has 6 rings (SSSR count). The lowest BCUT2D eigenvalue weighted by Crippen LogP contribution is -2.19. The molecular formula is C26H21BrN2O. The second kappa shape index (κ2) is 6.85. The molecule has 2 N–H and O–H groups in total. The van der Waals surface area contributed by atoms with E-state index in [1.165, 1.54) is 33.9 Å². The molecular weight excluding hydrogens is 436 g/mol. The normalized spacial score (nSPS) is 17.0. The van der Waals surface area contributed by atoms with Gasteiger partial charge in [0.05, 0.1) is 0 Å². The molecule has 0 saturated heterocycles. The monoisotopic (exact) mass is 456 g/mol. The molecule has 3 nitrogen and oxygen atoms in total. The fourth-order valence-corrected chi connectivity index (χ4v) is 5.47. The zero-order valence-electron chi connectivity index (χ0n) is 16.5. The molecule has 1 aliphatic heterocycles. The van der Waals surface area contributed by atoms with Gasteiger partial charge in [0.2, 0.25) is 5.88 Å². The van der Waals surface area contributed by atoms with E-state index in [9.17, 15) is 0 Å². The Morgan fingerprint density at radius 3 is 2.70 bits per heavy atom. The second-order valence-electron chi connectivity index (χ2n) is 8.17. The third kappa shape index (κ3) is 2.67. The van der Waals surface area contributed by atoms with Crippen molar-refractivity contribution in [1.29, 1.82) is 0 Å². The average molecular weight is 457 g/mol. The fraction of sp³-hybridized carbons (Fsp3) is 0.192. The van der Waals surface area contributed by atoms with Crippen molar-refractivity contribution in [2.75, 3.05) is 5.73 Å². The predicted molar refractivity (Wildman–Crippen MR) is 124 cm³/mol. The number of halogens is 1. The van der Waals surface area contributed by atoms with Crippen LogP contribution in [0.5, 0.6) is 11.6 Å². The van der Waals surface area contributed by atoms with E-state index < -0.39 is 0 Å². The highest BCUT2D eigenvalue weighted by Crippen LogP contribution is 2.52. The molecule has 1 unspecified atom stereocenters. The number of hydrogen-bond donors (Lipinski definition) is 1. The molecule has 148 valence electrons. The number of rotatable bonds is 1. The summed E-state index contributed by atoms with van der Waals surface area (Å²) in [6, 6.07) is 21.2. The maximum absolute atomic E-state index is 6.86. The summed E-state index contributed by atoms with van der Waals surface area (Å²) in [5, 5.41) is 2.40. The van der Waals surface area contributed by atoms with Crippen molar-refractivity contribution in [1.82, 2.24) is 4.98 Å². The van der Waals surface area contributed by atoms with Gasteiger partial charge in [0.1, 0.15) is 5.75 Å². The Bertz CT molecular complexity index is 1310. The second-order valence-corrected chi connectivity index (χ2v) is 9.08. The lowest BCUT2D eigenvalue weighted by Gasteiger charge is -2.32. The lowest BCUT2D eigenvalue weighted by atomic mass is 9.79. The van der Waals surface area contributed by atoms with Crippen LogP contribution >= 0.6 is 15.9 Å². The summed E-state index contributed by atoms with van der Waals surface area (Å²) in [5.41, 5.74) is 13.4. The summed E-state index contributed by atoms with van der Waals surface area (Å²) in [6.07, 6.45) is 4.30. The number of nitrogen functional groups attached to an aromatic ring is 1. The van der Waals surface area contributed by atoms with Crippen molar-refractivity contribution in [2.24, 2.45) is 0 Å². The summed E-state index contributed by atoms with van der Waals surface area (Å²) in [7, 11) is 0. The quantitative estimate of drug-likeness (QED) is 0.303. The number of ether oxygens (including phenoxy) is 1. The average Bonchev–Trinajstić information content (AvgIpc) is 2.78. The lowest BCUT2D eigenvalue weighted by molar-refractivity contribution is 0.431. The molecule has 2 heterocycles. The molecule has 0 bridgehead atoms. The summed E-state index contributed by atoms with van der Waals surface area (Å²) in [5.74, 6) is 1.52. The molecule has 0 amide bonds. The highest BCUT2D eigenvalue weighted by Gasteiger charge is 2.35. The minimum atomic E-state index is -0.0212. The molecule has 1 aliphatic carbocycles. The Hall–Kier alpha value is -2.85. The summed E-state index contributed by atoms with van der Waals surface area (Å²) in [4.78, 5) is 4.98. The fourth-order valence-electron chi connectivity index (χ4n) is 5.05. The molecule has 0 saturated carbocycles. The van der Waals surface area contributed by atoms with Crippen molar-refractivity contribution in [3.8, 4) is 11.6 Å². The third-order valence-electron chi connectivity index (χ3n) is 6.42. The van der Waals surface area contributed by atoms with Crippen molar-refractivity contribution in [2.45, 2.75) is 31.6 Å². The van der Waals surface area contributed by atoms with Crippen LogP contribution in [0.25, 0.3) is 10.8 Å². The van der Waals surface area contributed by atoms with Crippen molar-refractivity contribution in [3.05, 3.63) is 93.1 Å². The summed E-state index contributed by atoms with van der Waals surface area (Å²) in [6.45, 7) is 0. The van der Waals surface area contributed by atoms with E-state index in [1.807, 2.05) is 0 Å². The van der Waals surface area contributed by atoms with Crippen LogP contribution in [0.3, 0.4) is 0 Å². The maximum Gasteiger partial charge on any atom is 0.225 e. The standard InChI is InChI=1S/C26H21BrN2O/c27-17-8-5-7-16(14-17)22-23-18-9-2-1-6-15(18)12-13-21(23)30-26-24(22)25(28)19-10-3-4-11-20(19)29-26/h1-2,5-9,12-14,22H,3-4,10-11H2,(H2,28,29). The van der Waals surface area contributed by atoms with Crippen LogP contribution < -0.4 is 10.5 Å². The van der Waals surface area contributed by atoms with Gasteiger partial charge >= 0.3 is 0 Å². The summed E-state index contributed by atoms with van der Waals surface area (Å²) >= 11 is 3.66. The van der Waals surface area contributed by atoms with Crippen molar-refractivity contribution < 1.29 is 4.74 Å². The first-order valence-electron chi connectivity index (χ1n) is 10.5. The minimum Gasteiger partial charge on any atom is -0.438 e. The summed E-state index contributed by atoms with van der Waals surface area (Å²) < 4.78 is 7.47. The zero-order valence-corrected chi connectivity index (χ0v) is 18.1. The SMILES string of the molecule is Nc1c2c(nc3c1C(c1cccc(Br)c1)c1c(ccc4ccccc14)O3)CCCC2. The van der Waals surface area contributed by atoms with Crippen molar-refractivity contribution >= 4 is 32.4 Å². The Balaban J connectivity index is 1.70. The van der Waals surface area contributed by atoms with E-state index in [4.69, 9.17) is 15.5 Å². The molecule has 0 spiro atoms. The molecule has 3 aromatic carbocycles. The van der Waals surface area contributed by atoms with E-state index in [0.29, 0.717) is 5.88 Å². The number of hydrogen-bond acceptors (Lipinski definition) is 3. The van der Waals surface area contributed by atoms with Gasteiger partial charge in [-0.3, -0.25) is 0 Å². The number of fused-ring (bicyclic) bond motifs is 5. The number of benzene rings is 3. The van der Waals surface area contributed by atoms with Gasteiger partial charge in [0, 0.05) is 32.9 Å². The first-order chi connectivity index (χ1) is 14.7. The predicted octanol–water partition coefficient (Wildman–Crippen LogP) is 6.74. The third-order valence-corrected chi connectivity index (χ3v) is 6.91. The van der Waals surface area contributed by atoms with Crippen LogP contribution in [-0.4, -0.2) is 4.98 Å². The van der Waals surface area contributed by atoms with Crippen LogP contribution in [0.4, 0.5) is 5.69 Å². The number of aryl methyl sites for hydroxylation is 1. The first-order valence-corrected chi connectivity index (χ1v) is 11.3. The highest BCUT2D eigenvalue weighted by atomic mass is 79.9. The zero-order chi connectivity index (χ0) is 20.2. The van der Waals surface area contributed by atoms with Crippen molar-refractivity contribution in [3.63, 3.8) is 0 Å². The minimum absolute atomic E-state index is 0.0212. The molecule has 1 aromatic heterocycles. The van der Waals surface area contributed by atoms with E-state index in [2.05, 4.69) is 76.6 Å². The Labute approximate surface area is 184 Å². The number of aromatic nitrogens is 1. The van der Waals surface area contributed by atoms with Crippen LogP contribution in [0.2, 0.25) is 0 Å². The van der Waals surface area contributed by atoms with Gasteiger partial charge in [-0.05, 0) is 65.8 Å². The van der Waals surface area contributed by atoms with Crippen LogP contribution in [0.1, 0.15) is 46.7 Å². The topological polar surface area (TPSA) is 48.1 Å². The molecule has 4 aromatic rings. The molecule has 4 heteroatoms. The van der Waals surface area contributed by atoms with E-state index in [0.717, 1.165) is 46.4 Å². The first kappa shape index (κ1) is 18.0. The maximum atomic E-state index is 6.86. The molecule has 2 aliphatic rings. The van der Waals surface area contributed by atoms with Crippen LogP contribution in [0, 0.1) is 0 Å². The molecule has 0 radical (unpaired) electrons. The van der Waals surface area contributed by atoms with Gasteiger partial charge in [0.25, 0.3) is 0 Å².